The zero-order valence-electron chi connectivity index (χ0n) is 9.32. The van der Waals surface area contributed by atoms with Crippen molar-refractivity contribution in [2.24, 2.45) is 5.73 Å². The summed E-state index contributed by atoms with van der Waals surface area (Å²) in [4.78, 5) is 12.0. The number of rotatable bonds is 5. The summed E-state index contributed by atoms with van der Waals surface area (Å²) in [5.74, 6) is 0. The molecule has 0 radical (unpaired) electrons. The van der Waals surface area contributed by atoms with E-state index in [0.717, 1.165) is 0 Å². The Bertz CT molecular complexity index is 403. The van der Waals surface area contributed by atoms with Crippen molar-refractivity contribution in [3.05, 3.63) is 32.3 Å². The van der Waals surface area contributed by atoms with E-state index in [4.69, 9.17) is 28.9 Å². The van der Waals surface area contributed by atoms with Crippen molar-refractivity contribution in [3.63, 3.8) is 0 Å². The van der Waals surface area contributed by atoms with Gasteiger partial charge in [0.2, 0.25) is 0 Å². The van der Waals surface area contributed by atoms with Crippen LogP contribution in [0, 0.1) is 10.1 Å². The number of non-ortho nitro benzene ring substituents is 1. The third-order valence-electron chi connectivity index (χ3n) is 2.31. The van der Waals surface area contributed by atoms with Crippen molar-refractivity contribution in [2.45, 2.75) is 6.92 Å². The van der Waals surface area contributed by atoms with Gasteiger partial charge in [0.15, 0.2) is 0 Å². The molecule has 7 heteroatoms. The summed E-state index contributed by atoms with van der Waals surface area (Å²) < 4.78 is 0. The molecule has 94 valence electrons. The molecule has 0 fully saturated rings. The molecule has 0 saturated heterocycles. The van der Waals surface area contributed by atoms with Crippen LogP contribution < -0.4 is 10.6 Å². The predicted molar refractivity (Wildman–Crippen MR) is 70.1 cm³/mol. The van der Waals surface area contributed by atoms with Crippen LogP contribution in [0.15, 0.2) is 12.1 Å². The van der Waals surface area contributed by atoms with Crippen LogP contribution in [0.4, 0.5) is 11.4 Å². The number of nitrogens with zero attached hydrogens (tertiary/aromatic N) is 2. The van der Waals surface area contributed by atoms with Crippen LogP contribution in [0.25, 0.3) is 0 Å². The van der Waals surface area contributed by atoms with Crippen molar-refractivity contribution in [2.75, 3.05) is 24.5 Å². The lowest BCUT2D eigenvalue weighted by atomic mass is 10.2. The zero-order valence-corrected chi connectivity index (χ0v) is 10.8. The maximum atomic E-state index is 10.6. The van der Waals surface area contributed by atoms with E-state index in [1.54, 1.807) is 0 Å². The minimum atomic E-state index is -0.527. The molecule has 0 aliphatic heterocycles. The highest BCUT2D eigenvalue weighted by Crippen LogP contribution is 2.37. The Labute approximate surface area is 109 Å². The van der Waals surface area contributed by atoms with E-state index in [-0.39, 0.29) is 15.7 Å². The van der Waals surface area contributed by atoms with Gasteiger partial charge < -0.3 is 10.6 Å². The van der Waals surface area contributed by atoms with Gasteiger partial charge in [0.1, 0.15) is 0 Å². The summed E-state index contributed by atoms with van der Waals surface area (Å²) in [6.07, 6.45) is 0. The fourth-order valence-corrected chi connectivity index (χ4v) is 2.26. The monoisotopic (exact) mass is 277 g/mol. The number of halogens is 2. The summed E-state index contributed by atoms with van der Waals surface area (Å²) in [5, 5.41) is 11.2. The minimum absolute atomic E-state index is 0.118. The number of nitro groups is 1. The lowest BCUT2D eigenvalue weighted by molar-refractivity contribution is -0.384. The van der Waals surface area contributed by atoms with Crippen molar-refractivity contribution in [3.8, 4) is 0 Å². The first-order chi connectivity index (χ1) is 8.01. The van der Waals surface area contributed by atoms with Crippen LogP contribution >= 0.6 is 23.2 Å². The molecule has 0 saturated carbocycles. The van der Waals surface area contributed by atoms with Crippen LogP contribution in [0.2, 0.25) is 10.0 Å². The summed E-state index contributed by atoms with van der Waals surface area (Å²) in [5.41, 5.74) is 5.96. The number of hydrogen-bond acceptors (Lipinski definition) is 4. The summed E-state index contributed by atoms with van der Waals surface area (Å²) in [7, 11) is 0. The van der Waals surface area contributed by atoms with Crippen molar-refractivity contribution in [1.82, 2.24) is 0 Å². The van der Waals surface area contributed by atoms with Crippen molar-refractivity contribution < 1.29 is 4.92 Å². The highest BCUT2D eigenvalue weighted by molar-refractivity contribution is 6.39. The highest BCUT2D eigenvalue weighted by Gasteiger charge is 2.18. The van der Waals surface area contributed by atoms with Gasteiger partial charge in [0.25, 0.3) is 5.69 Å². The molecule has 17 heavy (non-hydrogen) atoms. The second-order valence-electron chi connectivity index (χ2n) is 3.38. The van der Waals surface area contributed by atoms with Gasteiger partial charge in [-0.15, -0.1) is 0 Å². The minimum Gasteiger partial charge on any atom is -0.368 e. The van der Waals surface area contributed by atoms with Crippen LogP contribution in [0.5, 0.6) is 0 Å². The fraction of sp³-hybridized carbons (Fsp3) is 0.400. The first-order valence-electron chi connectivity index (χ1n) is 5.09. The van der Waals surface area contributed by atoms with Gasteiger partial charge in [-0.2, -0.15) is 0 Å². The molecule has 0 spiro atoms. The Balaban J connectivity index is 3.20. The lowest BCUT2D eigenvalue weighted by Gasteiger charge is -2.24. The predicted octanol–water partition coefficient (Wildman–Crippen LogP) is 2.69. The van der Waals surface area contributed by atoms with Crippen LogP contribution in [0.3, 0.4) is 0 Å². The molecule has 1 aromatic rings. The average molecular weight is 278 g/mol. The van der Waals surface area contributed by atoms with Crippen molar-refractivity contribution >= 4 is 34.6 Å². The molecule has 0 aliphatic carbocycles. The van der Waals surface area contributed by atoms with E-state index in [9.17, 15) is 10.1 Å². The number of likely N-dealkylation sites (N-methyl/N-ethyl adjacent to an activating group) is 1. The molecule has 2 N–H and O–H groups in total. The normalized spacial score (nSPS) is 10.4. The van der Waals surface area contributed by atoms with Crippen LogP contribution in [0.1, 0.15) is 6.92 Å². The van der Waals surface area contributed by atoms with Gasteiger partial charge in [-0.3, -0.25) is 10.1 Å². The van der Waals surface area contributed by atoms with Gasteiger partial charge in [0.05, 0.1) is 20.7 Å². The lowest BCUT2D eigenvalue weighted by Crippen LogP contribution is -2.29. The van der Waals surface area contributed by atoms with Gasteiger partial charge in [-0.05, 0) is 6.92 Å². The first kappa shape index (κ1) is 14.0. The summed E-state index contributed by atoms with van der Waals surface area (Å²) in [6, 6.07) is 2.59. The molecule has 0 heterocycles. The Hall–Kier alpha value is -1.04. The van der Waals surface area contributed by atoms with Crippen LogP contribution in [-0.4, -0.2) is 24.6 Å². The quantitative estimate of drug-likeness (QED) is 0.664. The van der Waals surface area contributed by atoms with Gasteiger partial charge in [-0.1, -0.05) is 23.2 Å². The molecule has 1 aromatic carbocycles. The molecule has 0 aliphatic rings. The smallest absolute Gasteiger partial charge is 0.272 e. The van der Waals surface area contributed by atoms with E-state index in [0.29, 0.717) is 25.3 Å². The summed E-state index contributed by atoms with van der Waals surface area (Å²) >= 11 is 12.0. The Morgan fingerprint density at radius 2 is 1.94 bits per heavy atom. The highest BCUT2D eigenvalue weighted by atomic mass is 35.5. The topological polar surface area (TPSA) is 72.4 Å². The molecular formula is C10H13Cl2N3O2. The third kappa shape index (κ3) is 3.21. The Morgan fingerprint density at radius 3 is 2.29 bits per heavy atom. The number of nitro benzene ring substituents is 1. The Morgan fingerprint density at radius 1 is 1.41 bits per heavy atom. The van der Waals surface area contributed by atoms with E-state index in [1.165, 1.54) is 12.1 Å². The molecule has 0 bridgehead atoms. The number of hydrogen-bond donors (Lipinski definition) is 1. The van der Waals surface area contributed by atoms with E-state index < -0.39 is 4.92 Å². The Kier molecular flexibility index (Phi) is 4.99. The molecule has 0 aromatic heterocycles. The van der Waals surface area contributed by atoms with E-state index in [2.05, 4.69) is 0 Å². The van der Waals surface area contributed by atoms with Gasteiger partial charge in [0, 0.05) is 31.8 Å². The number of anilines is 1. The van der Waals surface area contributed by atoms with E-state index >= 15 is 0 Å². The first-order valence-corrected chi connectivity index (χ1v) is 5.85. The number of nitrogens with two attached hydrogens (primary N) is 1. The molecule has 0 atom stereocenters. The van der Waals surface area contributed by atoms with Gasteiger partial charge >= 0.3 is 0 Å². The SMILES string of the molecule is CCN(CCN)c1c(Cl)cc([N+](=O)[O-])cc1Cl. The van der Waals surface area contributed by atoms with Crippen molar-refractivity contribution in [1.29, 1.82) is 0 Å². The molecule has 5 nitrogen and oxygen atoms in total. The summed E-state index contributed by atoms with van der Waals surface area (Å²) in [6.45, 7) is 3.66. The fourth-order valence-electron chi connectivity index (χ4n) is 1.54. The zero-order chi connectivity index (χ0) is 13.0. The number of benzene rings is 1. The van der Waals surface area contributed by atoms with Gasteiger partial charge in [-0.25, -0.2) is 0 Å². The maximum Gasteiger partial charge on any atom is 0.272 e. The second-order valence-corrected chi connectivity index (χ2v) is 4.20. The standard InChI is InChI=1S/C10H13Cl2N3O2/c1-2-14(4-3-13)10-8(11)5-7(15(16)17)6-9(10)12/h5-6H,2-4,13H2,1H3. The molecule has 1 rings (SSSR count). The third-order valence-corrected chi connectivity index (χ3v) is 2.89. The van der Waals surface area contributed by atoms with Crippen LogP contribution in [-0.2, 0) is 0 Å². The maximum absolute atomic E-state index is 10.6. The largest absolute Gasteiger partial charge is 0.368 e. The molecule has 0 amide bonds. The van der Waals surface area contributed by atoms with E-state index in [1.807, 2.05) is 11.8 Å². The second kappa shape index (κ2) is 6.05. The molecular weight excluding hydrogens is 265 g/mol. The average Bonchev–Trinajstić information content (AvgIpc) is 2.26. The molecule has 0 unspecified atom stereocenters.